The summed E-state index contributed by atoms with van der Waals surface area (Å²) in [5.41, 5.74) is 1.60. The lowest BCUT2D eigenvalue weighted by atomic mass is 9.71. The van der Waals surface area contributed by atoms with Crippen molar-refractivity contribution in [1.82, 2.24) is 0 Å². The molecular formula is C12H20O2. The Hall–Kier alpha value is -0.600. The van der Waals surface area contributed by atoms with E-state index in [1.165, 1.54) is 0 Å². The molecule has 0 atom stereocenters. The molecule has 0 aromatic rings. The van der Waals surface area contributed by atoms with Crippen molar-refractivity contribution in [2.75, 3.05) is 0 Å². The summed E-state index contributed by atoms with van der Waals surface area (Å²) in [5.74, 6) is 0. The second kappa shape index (κ2) is 2.94. The van der Waals surface area contributed by atoms with Crippen LogP contribution < -0.4 is 0 Å². The van der Waals surface area contributed by atoms with Crippen LogP contribution >= 0.6 is 0 Å². The summed E-state index contributed by atoms with van der Waals surface area (Å²) in [6.45, 7) is 11.1. The number of hydrogen-bond acceptors (Lipinski definition) is 2. The molecule has 1 aliphatic carbocycles. The van der Waals surface area contributed by atoms with Gasteiger partial charge in [0.2, 0.25) is 0 Å². The third kappa shape index (κ3) is 1.25. The van der Waals surface area contributed by atoms with Crippen LogP contribution in [0, 0.1) is 0 Å². The van der Waals surface area contributed by atoms with E-state index in [1.54, 1.807) is 13.8 Å². The zero-order valence-corrected chi connectivity index (χ0v) is 9.89. The van der Waals surface area contributed by atoms with Gasteiger partial charge in [-0.25, -0.2) is 0 Å². The van der Waals surface area contributed by atoms with E-state index < -0.39 is 11.2 Å². The second-order valence-corrected chi connectivity index (χ2v) is 4.64. The van der Waals surface area contributed by atoms with Crippen molar-refractivity contribution in [2.24, 2.45) is 0 Å². The van der Waals surface area contributed by atoms with Gasteiger partial charge in [0.05, 0.1) is 0 Å². The van der Waals surface area contributed by atoms with E-state index in [1.807, 2.05) is 27.7 Å². The lowest BCUT2D eigenvalue weighted by molar-refractivity contribution is 0.0892. The van der Waals surface area contributed by atoms with Crippen molar-refractivity contribution in [3.8, 4) is 0 Å². The molecule has 80 valence electrons. The van der Waals surface area contributed by atoms with Gasteiger partial charge < -0.3 is 10.2 Å². The van der Waals surface area contributed by atoms with E-state index in [-0.39, 0.29) is 0 Å². The highest BCUT2D eigenvalue weighted by atomic mass is 16.3. The quantitative estimate of drug-likeness (QED) is 0.583. The molecule has 0 amide bonds. The van der Waals surface area contributed by atoms with E-state index in [2.05, 4.69) is 0 Å². The summed E-state index contributed by atoms with van der Waals surface area (Å²) in [5, 5.41) is 20.5. The van der Waals surface area contributed by atoms with E-state index in [0.29, 0.717) is 0 Å². The lowest BCUT2D eigenvalue weighted by Gasteiger charge is -2.41. The Morgan fingerprint density at radius 2 is 0.786 bits per heavy atom. The molecule has 2 N–H and O–H groups in total. The molecular weight excluding hydrogens is 176 g/mol. The van der Waals surface area contributed by atoms with Crippen LogP contribution in [0.25, 0.3) is 0 Å². The molecule has 2 heteroatoms. The van der Waals surface area contributed by atoms with Gasteiger partial charge in [-0.2, -0.15) is 0 Å². The number of aliphatic hydroxyl groups is 2. The van der Waals surface area contributed by atoms with Crippen molar-refractivity contribution in [3.05, 3.63) is 22.3 Å². The zero-order valence-electron chi connectivity index (χ0n) is 9.89. The molecule has 0 fully saturated rings. The molecule has 0 aliphatic heterocycles. The van der Waals surface area contributed by atoms with Gasteiger partial charge in [-0.15, -0.1) is 0 Å². The fourth-order valence-corrected chi connectivity index (χ4v) is 2.02. The average molecular weight is 196 g/mol. The maximum atomic E-state index is 10.3. The van der Waals surface area contributed by atoms with Crippen molar-refractivity contribution in [3.63, 3.8) is 0 Å². The zero-order chi connectivity index (χ0) is 11.3. The molecule has 0 saturated carbocycles. The van der Waals surface area contributed by atoms with Crippen LogP contribution in [0.15, 0.2) is 22.3 Å². The van der Waals surface area contributed by atoms with Gasteiger partial charge in [0.15, 0.2) is 0 Å². The first kappa shape index (κ1) is 11.5. The fraction of sp³-hybridized carbons (Fsp3) is 0.667. The van der Waals surface area contributed by atoms with E-state index in [4.69, 9.17) is 0 Å². The summed E-state index contributed by atoms with van der Waals surface area (Å²) in [6.07, 6.45) is 0. The van der Waals surface area contributed by atoms with Gasteiger partial charge in [0.1, 0.15) is 11.2 Å². The Bertz CT molecular complexity index is 268. The number of hydrogen-bond donors (Lipinski definition) is 2. The van der Waals surface area contributed by atoms with Crippen LogP contribution in [-0.4, -0.2) is 21.4 Å². The molecule has 0 aromatic carbocycles. The van der Waals surface area contributed by atoms with E-state index in [0.717, 1.165) is 22.3 Å². The SMILES string of the molecule is CC1=C(C)C(C)(O)C(C)=C(C)C1(C)O. The van der Waals surface area contributed by atoms with Crippen LogP contribution in [0.1, 0.15) is 41.5 Å². The van der Waals surface area contributed by atoms with Crippen molar-refractivity contribution in [1.29, 1.82) is 0 Å². The van der Waals surface area contributed by atoms with E-state index >= 15 is 0 Å². The highest BCUT2D eigenvalue weighted by Gasteiger charge is 2.40. The van der Waals surface area contributed by atoms with Gasteiger partial charge in [0.25, 0.3) is 0 Å². The van der Waals surface area contributed by atoms with Crippen molar-refractivity contribution < 1.29 is 10.2 Å². The first-order chi connectivity index (χ1) is 6.13. The minimum absolute atomic E-state index is 0.852. The predicted octanol–water partition coefficient (Wildman–Crippen LogP) is 2.17. The van der Waals surface area contributed by atoms with Crippen LogP contribution in [-0.2, 0) is 0 Å². The summed E-state index contributed by atoms with van der Waals surface area (Å²) in [4.78, 5) is 0. The highest BCUT2D eigenvalue weighted by Crippen LogP contribution is 2.42. The lowest BCUT2D eigenvalue weighted by Crippen LogP contribution is -2.42. The normalized spacial score (nSPS) is 39.4. The van der Waals surface area contributed by atoms with Gasteiger partial charge >= 0.3 is 0 Å². The van der Waals surface area contributed by atoms with Gasteiger partial charge in [-0.1, -0.05) is 0 Å². The largest absolute Gasteiger partial charge is 0.381 e. The monoisotopic (exact) mass is 196 g/mol. The maximum Gasteiger partial charge on any atom is 0.104 e. The Morgan fingerprint density at radius 1 is 0.643 bits per heavy atom. The Morgan fingerprint density at radius 3 is 0.929 bits per heavy atom. The topological polar surface area (TPSA) is 40.5 Å². The molecule has 14 heavy (non-hydrogen) atoms. The smallest absolute Gasteiger partial charge is 0.104 e. The molecule has 0 aromatic heterocycles. The summed E-state index contributed by atoms with van der Waals surface area (Å²) in [7, 11) is 0. The summed E-state index contributed by atoms with van der Waals surface area (Å²) < 4.78 is 0. The van der Waals surface area contributed by atoms with Crippen LogP contribution in [0.3, 0.4) is 0 Å². The first-order valence-electron chi connectivity index (χ1n) is 4.95. The first-order valence-corrected chi connectivity index (χ1v) is 4.95. The van der Waals surface area contributed by atoms with E-state index in [9.17, 15) is 10.2 Å². The molecule has 0 heterocycles. The average Bonchev–Trinajstić information content (AvgIpc) is 2.11. The third-order valence-electron chi connectivity index (χ3n) is 4.05. The molecule has 0 bridgehead atoms. The third-order valence-corrected chi connectivity index (χ3v) is 4.05. The highest BCUT2D eigenvalue weighted by molar-refractivity contribution is 5.48. The summed E-state index contributed by atoms with van der Waals surface area (Å²) in [6, 6.07) is 0. The molecule has 0 saturated heterocycles. The Balaban J connectivity index is 3.46. The molecule has 2 nitrogen and oxygen atoms in total. The molecule has 0 spiro atoms. The molecule has 0 unspecified atom stereocenters. The predicted molar refractivity (Wildman–Crippen MR) is 58.0 cm³/mol. The van der Waals surface area contributed by atoms with Crippen molar-refractivity contribution >= 4 is 0 Å². The standard InChI is InChI=1S/C12H20O2/c1-7-8(2)12(6,14)10(4)9(3)11(7,5)13/h13-14H,1-6H3. The molecule has 0 radical (unpaired) electrons. The maximum absolute atomic E-state index is 10.3. The van der Waals surface area contributed by atoms with Gasteiger partial charge in [0, 0.05) is 0 Å². The summed E-state index contributed by atoms with van der Waals surface area (Å²) >= 11 is 0. The Kier molecular flexibility index (Phi) is 2.41. The minimum Gasteiger partial charge on any atom is -0.381 e. The van der Waals surface area contributed by atoms with Gasteiger partial charge in [-0.05, 0) is 63.8 Å². The fourth-order valence-electron chi connectivity index (χ4n) is 2.02. The molecule has 1 rings (SSSR count). The second-order valence-electron chi connectivity index (χ2n) is 4.64. The Labute approximate surface area is 86.0 Å². The van der Waals surface area contributed by atoms with Crippen LogP contribution in [0.5, 0.6) is 0 Å². The van der Waals surface area contributed by atoms with Crippen LogP contribution in [0.2, 0.25) is 0 Å². The van der Waals surface area contributed by atoms with Gasteiger partial charge in [-0.3, -0.25) is 0 Å². The molecule has 1 aliphatic rings. The number of rotatable bonds is 0. The van der Waals surface area contributed by atoms with Crippen LogP contribution in [0.4, 0.5) is 0 Å². The minimum atomic E-state index is -0.906. The van der Waals surface area contributed by atoms with Crippen molar-refractivity contribution in [2.45, 2.75) is 52.7 Å².